The molecule has 2 aromatic heterocycles. The van der Waals surface area contributed by atoms with Crippen LogP contribution in [0.5, 0.6) is 0 Å². The van der Waals surface area contributed by atoms with Gasteiger partial charge in [0.25, 0.3) is 0 Å². The average Bonchev–Trinajstić information content (AvgIpc) is 3.03. The summed E-state index contributed by atoms with van der Waals surface area (Å²) in [6.07, 6.45) is 0.412. The van der Waals surface area contributed by atoms with Crippen molar-refractivity contribution < 1.29 is 8.42 Å². The summed E-state index contributed by atoms with van der Waals surface area (Å²) in [5.74, 6) is 1.37. The Hall–Kier alpha value is -2.52. The van der Waals surface area contributed by atoms with E-state index in [4.69, 9.17) is 0 Å². The third-order valence-corrected chi connectivity index (χ3v) is 5.38. The van der Waals surface area contributed by atoms with E-state index in [0.717, 1.165) is 5.56 Å². The van der Waals surface area contributed by atoms with Gasteiger partial charge >= 0.3 is 0 Å². The lowest BCUT2D eigenvalue weighted by molar-refractivity contribution is 0.581. The second-order valence-corrected chi connectivity index (χ2v) is 8.09. The molecule has 2 N–H and O–H groups in total. The van der Waals surface area contributed by atoms with Crippen molar-refractivity contribution in [3.05, 3.63) is 53.3 Å². The Morgan fingerprint density at radius 1 is 1.08 bits per heavy atom. The lowest BCUT2D eigenvalue weighted by Crippen LogP contribution is -2.27. The second-order valence-electron chi connectivity index (χ2n) is 5.99. The van der Waals surface area contributed by atoms with E-state index in [2.05, 4.69) is 56.5 Å². The molecule has 2 heterocycles. The van der Waals surface area contributed by atoms with E-state index in [1.54, 1.807) is 11.4 Å². The summed E-state index contributed by atoms with van der Waals surface area (Å²) in [6, 6.07) is 12.0. The molecule has 9 heteroatoms. The van der Waals surface area contributed by atoms with Crippen molar-refractivity contribution >= 4 is 21.5 Å². The summed E-state index contributed by atoms with van der Waals surface area (Å²) in [7, 11) is -3.22. The van der Waals surface area contributed by atoms with Gasteiger partial charge in [-0.2, -0.15) is 4.52 Å². The van der Waals surface area contributed by atoms with E-state index in [1.807, 2.05) is 12.1 Å². The third kappa shape index (κ3) is 4.55. The first-order chi connectivity index (χ1) is 12.5. The fourth-order valence-electron chi connectivity index (χ4n) is 2.40. The van der Waals surface area contributed by atoms with Gasteiger partial charge in [0.15, 0.2) is 11.5 Å². The zero-order valence-electron chi connectivity index (χ0n) is 14.8. The number of nitrogens with zero attached hydrogens (tertiary/aromatic N) is 4. The zero-order chi connectivity index (χ0) is 18.6. The Morgan fingerprint density at radius 3 is 2.58 bits per heavy atom. The van der Waals surface area contributed by atoms with Crippen LogP contribution in [0.2, 0.25) is 0 Å². The van der Waals surface area contributed by atoms with Crippen LogP contribution in [-0.2, 0) is 23.0 Å². The molecule has 0 saturated carbocycles. The topological polar surface area (TPSA) is 101 Å². The summed E-state index contributed by atoms with van der Waals surface area (Å²) in [6.45, 7) is 4.58. The molecule has 0 saturated heterocycles. The fourth-order valence-corrected chi connectivity index (χ4v) is 3.02. The predicted molar refractivity (Wildman–Crippen MR) is 100 cm³/mol. The molecule has 0 spiro atoms. The number of aromatic nitrogens is 4. The average molecular weight is 374 g/mol. The Labute approximate surface area is 152 Å². The molecule has 8 nitrogen and oxygen atoms in total. The normalized spacial score (nSPS) is 11.8. The molecule has 0 aliphatic rings. The number of benzene rings is 1. The van der Waals surface area contributed by atoms with Crippen LogP contribution >= 0.6 is 0 Å². The molecule has 0 amide bonds. The first-order valence-electron chi connectivity index (χ1n) is 8.45. The summed E-state index contributed by atoms with van der Waals surface area (Å²) in [4.78, 5) is 0. The second kappa shape index (κ2) is 7.79. The minimum atomic E-state index is -3.22. The summed E-state index contributed by atoms with van der Waals surface area (Å²) in [5.41, 5.74) is 3.01. The minimum Gasteiger partial charge on any atom is -0.365 e. The molecule has 138 valence electrons. The number of hydrogen-bond acceptors (Lipinski definition) is 6. The van der Waals surface area contributed by atoms with Crippen molar-refractivity contribution in [2.24, 2.45) is 0 Å². The molecule has 26 heavy (non-hydrogen) atoms. The first-order valence-corrected chi connectivity index (χ1v) is 10.1. The number of rotatable bonds is 8. The zero-order valence-corrected chi connectivity index (χ0v) is 15.6. The van der Waals surface area contributed by atoms with E-state index >= 15 is 0 Å². The van der Waals surface area contributed by atoms with Crippen molar-refractivity contribution in [2.75, 3.05) is 17.6 Å². The highest BCUT2D eigenvalue weighted by Gasteiger charge is 2.10. The van der Waals surface area contributed by atoms with Crippen LogP contribution in [0.3, 0.4) is 0 Å². The Bertz CT molecular complexity index is 982. The van der Waals surface area contributed by atoms with E-state index in [9.17, 15) is 8.42 Å². The standard InChI is InChI=1S/C17H22N6O2S/c1-3-26(24,25)19-11-10-17-21-20-16-9-8-15(22-23(16)17)18-12-14-6-4-13(2)5-7-14/h4-9,19H,3,10-12H2,1-2H3,(H,18,22). The van der Waals surface area contributed by atoms with Gasteiger partial charge in [-0.1, -0.05) is 29.8 Å². The highest BCUT2D eigenvalue weighted by molar-refractivity contribution is 7.89. The Balaban J connectivity index is 1.68. The molecule has 3 aromatic rings. The van der Waals surface area contributed by atoms with Crippen molar-refractivity contribution in [3.63, 3.8) is 0 Å². The highest BCUT2D eigenvalue weighted by Crippen LogP contribution is 2.10. The van der Waals surface area contributed by atoms with Gasteiger partial charge in [0.1, 0.15) is 5.82 Å². The smallest absolute Gasteiger partial charge is 0.211 e. The van der Waals surface area contributed by atoms with Gasteiger partial charge in [0.2, 0.25) is 10.0 Å². The van der Waals surface area contributed by atoms with E-state index in [0.29, 0.717) is 30.3 Å². The van der Waals surface area contributed by atoms with Crippen molar-refractivity contribution in [3.8, 4) is 0 Å². The third-order valence-electron chi connectivity index (χ3n) is 3.97. The molecule has 0 radical (unpaired) electrons. The summed E-state index contributed by atoms with van der Waals surface area (Å²) < 4.78 is 27.2. The van der Waals surface area contributed by atoms with E-state index in [1.165, 1.54) is 5.56 Å². The summed E-state index contributed by atoms with van der Waals surface area (Å²) >= 11 is 0. The van der Waals surface area contributed by atoms with Gasteiger partial charge in [-0.25, -0.2) is 13.1 Å². The monoisotopic (exact) mass is 374 g/mol. The number of anilines is 1. The van der Waals surface area contributed by atoms with Crippen molar-refractivity contribution in [2.45, 2.75) is 26.8 Å². The largest absolute Gasteiger partial charge is 0.365 e. The molecule has 0 fully saturated rings. The van der Waals surface area contributed by atoms with Crippen LogP contribution in [-0.4, -0.2) is 40.5 Å². The maximum atomic E-state index is 11.5. The Kier molecular flexibility index (Phi) is 5.48. The van der Waals surface area contributed by atoms with Crippen LogP contribution in [0.4, 0.5) is 5.82 Å². The maximum absolute atomic E-state index is 11.5. The Morgan fingerprint density at radius 2 is 1.85 bits per heavy atom. The maximum Gasteiger partial charge on any atom is 0.211 e. The molecule has 0 atom stereocenters. The van der Waals surface area contributed by atoms with Gasteiger partial charge in [0.05, 0.1) is 5.75 Å². The first kappa shape index (κ1) is 18.3. The molecule has 0 aliphatic carbocycles. The lowest BCUT2D eigenvalue weighted by atomic mass is 10.1. The summed E-state index contributed by atoms with van der Waals surface area (Å²) in [5, 5.41) is 16.0. The number of nitrogens with one attached hydrogen (secondary N) is 2. The molecule has 1 aromatic carbocycles. The number of sulfonamides is 1. The van der Waals surface area contributed by atoms with Gasteiger partial charge in [-0.15, -0.1) is 15.3 Å². The number of aryl methyl sites for hydroxylation is 1. The van der Waals surface area contributed by atoms with Gasteiger partial charge in [0, 0.05) is 19.5 Å². The van der Waals surface area contributed by atoms with Crippen LogP contribution in [0.15, 0.2) is 36.4 Å². The number of fused-ring (bicyclic) bond motifs is 1. The van der Waals surface area contributed by atoms with E-state index in [-0.39, 0.29) is 12.3 Å². The highest BCUT2D eigenvalue weighted by atomic mass is 32.2. The van der Waals surface area contributed by atoms with E-state index < -0.39 is 10.0 Å². The van der Waals surface area contributed by atoms with Crippen LogP contribution in [0.1, 0.15) is 23.9 Å². The van der Waals surface area contributed by atoms with Crippen LogP contribution in [0.25, 0.3) is 5.65 Å². The molecule has 0 aliphatic heterocycles. The molecular weight excluding hydrogens is 352 g/mol. The van der Waals surface area contributed by atoms with Gasteiger partial charge < -0.3 is 5.32 Å². The molecular formula is C17H22N6O2S. The molecule has 3 rings (SSSR count). The molecule has 0 unspecified atom stereocenters. The van der Waals surface area contributed by atoms with Crippen molar-refractivity contribution in [1.82, 2.24) is 24.5 Å². The molecule has 0 bridgehead atoms. The SMILES string of the molecule is CCS(=O)(=O)NCCc1nnc2ccc(NCc3ccc(C)cc3)nn12. The van der Waals surface area contributed by atoms with Crippen LogP contribution in [0, 0.1) is 6.92 Å². The number of hydrogen-bond donors (Lipinski definition) is 2. The van der Waals surface area contributed by atoms with Gasteiger partial charge in [-0.05, 0) is 31.5 Å². The fraction of sp³-hybridized carbons (Fsp3) is 0.353. The minimum absolute atomic E-state index is 0.0545. The van der Waals surface area contributed by atoms with Gasteiger partial charge in [-0.3, -0.25) is 0 Å². The predicted octanol–water partition coefficient (Wildman–Crippen LogP) is 1.53. The quantitative estimate of drug-likeness (QED) is 0.620. The van der Waals surface area contributed by atoms with Crippen LogP contribution < -0.4 is 10.0 Å². The van der Waals surface area contributed by atoms with Crippen molar-refractivity contribution in [1.29, 1.82) is 0 Å². The lowest BCUT2D eigenvalue weighted by Gasteiger charge is -2.07.